The Labute approximate surface area is 105 Å². The quantitative estimate of drug-likeness (QED) is 0.760. The number of allylic oxidation sites excluding steroid dienone is 2. The minimum Gasteiger partial charge on any atom is -0.385 e. The number of hydrogen-bond donors (Lipinski definition) is 1. The number of para-hydroxylation sites is 1. The highest BCUT2D eigenvalue weighted by atomic mass is 14.9. The summed E-state index contributed by atoms with van der Waals surface area (Å²) in [6.07, 6.45) is 3.70. The summed E-state index contributed by atoms with van der Waals surface area (Å²) in [5.74, 6) is 2.22. The van der Waals surface area contributed by atoms with Gasteiger partial charge in [-0.15, -0.1) is 0 Å². The maximum Gasteiger partial charge on any atom is 0.0340 e. The van der Waals surface area contributed by atoms with Crippen LogP contribution < -0.4 is 5.32 Å². The lowest BCUT2D eigenvalue weighted by molar-refractivity contribution is 0.287. The van der Waals surface area contributed by atoms with E-state index in [1.54, 1.807) is 5.57 Å². The van der Waals surface area contributed by atoms with Gasteiger partial charge in [-0.2, -0.15) is 0 Å². The summed E-state index contributed by atoms with van der Waals surface area (Å²) in [4.78, 5) is 0. The van der Waals surface area contributed by atoms with Crippen LogP contribution in [0.5, 0.6) is 0 Å². The van der Waals surface area contributed by atoms with Gasteiger partial charge in [-0.25, -0.2) is 0 Å². The second-order valence-corrected chi connectivity index (χ2v) is 5.46. The Morgan fingerprint density at radius 1 is 1.18 bits per heavy atom. The van der Waals surface area contributed by atoms with E-state index >= 15 is 0 Å². The third-order valence-corrected chi connectivity index (χ3v) is 3.91. The van der Waals surface area contributed by atoms with Crippen molar-refractivity contribution in [1.29, 1.82) is 0 Å². The van der Waals surface area contributed by atoms with Crippen molar-refractivity contribution in [2.45, 2.75) is 27.2 Å². The monoisotopic (exact) mass is 229 g/mol. The van der Waals surface area contributed by atoms with Gasteiger partial charge in [-0.3, -0.25) is 0 Å². The van der Waals surface area contributed by atoms with Crippen LogP contribution in [0.15, 0.2) is 42.0 Å². The van der Waals surface area contributed by atoms with E-state index in [4.69, 9.17) is 0 Å². The van der Waals surface area contributed by atoms with Crippen molar-refractivity contribution in [2.75, 3.05) is 11.9 Å². The molecule has 0 radical (unpaired) electrons. The van der Waals surface area contributed by atoms with Crippen LogP contribution in [0.2, 0.25) is 0 Å². The van der Waals surface area contributed by atoms with Crippen molar-refractivity contribution in [3.8, 4) is 0 Å². The predicted molar refractivity (Wildman–Crippen MR) is 75.1 cm³/mol. The average molecular weight is 229 g/mol. The van der Waals surface area contributed by atoms with Gasteiger partial charge in [0.2, 0.25) is 0 Å². The maximum atomic E-state index is 3.56. The Balaban J connectivity index is 1.95. The van der Waals surface area contributed by atoms with Gasteiger partial charge in [0.1, 0.15) is 0 Å². The topological polar surface area (TPSA) is 12.0 Å². The molecule has 3 atom stereocenters. The zero-order chi connectivity index (χ0) is 12.3. The molecule has 1 N–H and O–H groups in total. The molecule has 1 aliphatic rings. The van der Waals surface area contributed by atoms with Crippen LogP contribution in [0, 0.1) is 17.8 Å². The van der Waals surface area contributed by atoms with Gasteiger partial charge < -0.3 is 5.32 Å². The van der Waals surface area contributed by atoms with Gasteiger partial charge in [-0.1, -0.05) is 43.7 Å². The first-order chi connectivity index (χ1) is 8.16. The molecular weight excluding hydrogens is 206 g/mol. The molecule has 0 fully saturated rings. The van der Waals surface area contributed by atoms with E-state index in [0.717, 1.165) is 18.4 Å². The Hall–Kier alpha value is -1.24. The molecule has 0 aliphatic heterocycles. The van der Waals surface area contributed by atoms with Gasteiger partial charge in [0.15, 0.2) is 0 Å². The summed E-state index contributed by atoms with van der Waals surface area (Å²) in [6, 6.07) is 10.5. The highest BCUT2D eigenvalue weighted by Crippen LogP contribution is 2.33. The SMILES string of the molecule is CC1=CC(C)C(CNc2ccccc2)C(C)C1. The zero-order valence-corrected chi connectivity index (χ0v) is 11.1. The summed E-state index contributed by atoms with van der Waals surface area (Å²) in [5.41, 5.74) is 2.79. The average Bonchev–Trinajstić information content (AvgIpc) is 2.29. The number of hydrogen-bond acceptors (Lipinski definition) is 1. The summed E-state index contributed by atoms with van der Waals surface area (Å²) in [7, 11) is 0. The van der Waals surface area contributed by atoms with Crippen molar-refractivity contribution < 1.29 is 0 Å². The molecule has 0 amide bonds. The van der Waals surface area contributed by atoms with Crippen LogP contribution >= 0.6 is 0 Å². The fourth-order valence-electron chi connectivity index (χ4n) is 3.00. The number of nitrogens with one attached hydrogen (secondary N) is 1. The van der Waals surface area contributed by atoms with Crippen LogP contribution in [0.1, 0.15) is 27.2 Å². The van der Waals surface area contributed by atoms with Crippen molar-refractivity contribution >= 4 is 5.69 Å². The van der Waals surface area contributed by atoms with E-state index in [9.17, 15) is 0 Å². The molecule has 2 rings (SSSR count). The highest BCUT2D eigenvalue weighted by molar-refractivity contribution is 5.42. The molecule has 1 heteroatoms. The van der Waals surface area contributed by atoms with Gasteiger partial charge in [-0.05, 0) is 43.2 Å². The Bertz CT molecular complexity index is 380. The van der Waals surface area contributed by atoms with Crippen molar-refractivity contribution in [3.63, 3.8) is 0 Å². The molecule has 1 nitrogen and oxygen atoms in total. The third kappa shape index (κ3) is 3.12. The summed E-state index contributed by atoms with van der Waals surface area (Å²) in [6.45, 7) is 8.06. The minimum atomic E-state index is 0.690. The molecule has 0 saturated carbocycles. The van der Waals surface area contributed by atoms with E-state index in [1.807, 2.05) is 0 Å². The smallest absolute Gasteiger partial charge is 0.0340 e. The largest absolute Gasteiger partial charge is 0.385 e. The van der Waals surface area contributed by atoms with Gasteiger partial charge >= 0.3 is 0 Å². The lowest BCUT2D eigenvalue weighted by Gasteiger charge is -2.33. The van der Waals surface area contributed by atoms with E-state index in [1.165, 1.54) is 12.1 Å². The van der Waals surface area contributed by atoms with Crippen molar-refractivity contribution in [2.24, 2.45) is 17.8 Å². The first-order valence-electron chi connectivity index (χ1n) is 6.63. The molecule has 1 aliphatic carbocycles. The minimum absolute atomic E-state index is 0.690. The third-order valence-electron chi connectivity index (χ3n) is 3.91. The predicted octanol–water partition coefficient (Wildman–Crippen LogP) is 4.34. The van der Waals surface area contributed by atoms with Gasteiger partial charge in [0, 0.05) is 12.2 Å². The Kier molecular flexibility index (Phi) is 3.88. The second kappa shape index (κ2) is 5.39. The second-order valence-electron chi connectivity index (χ2n) is 5.46. The molecule has 0 saturated heterocycles. The lowest BCUT2D eigenvalue weighted by Crippen LogP contribution is -2.29. The molecule has 0 aromatic heterocycles. The number of anilines is 1. The van der Waals surface area contributed by atoms with Gasteiger partial charge in [0.05, 0.1) is 0 Å². The molecule has 3 unspecified atom stereocenters. The first-order valence-corrected chi connectivity index (χ1v) is 6.63. The fraction of sp³-hybridized carbons (Fsp3) is 0.500. The van der Waals surface area contributed by atoms with Crippen LogP contribution in [-0.2, 0) is 0 Å². The van der Waals surface area contributed by atoms with Crippen LogP contribution in [-0.4, -0.2) is 6.54 Å². The Morgan fingerprint density at radius 2 is 1.88 bits per heavy atom. The normalized spacial score (nSPS) is 28.6. The number of rotatable bonds is 3. The molecule has 1 aromatic carbocycles. The zero-order valence-electron chi connectivity index (χ0n) is 11.1. The summed E-state index contributed by atoms with van der Waals surface area (Å²) in [5, 5.41) is 3.56. The molecule has 17 heavy (non-hydrogen) atoms. The lowest BCUT2D eigenvalue weighted by atomic mass is 9.75. The molecule has 0 heterocycles. The van der Waals surface area contributed by atoms with E-state index in [-0.39, 0.29) is 0 Å². The molecule has 92 valence electrons. The Morgan fingerprint density at radius 3 is 2.53 bits per heavy atom. The van der Waals surface area contributed by atoms with Gasteiger partial charge in [0.25, 0.3) is 0 Å². The van der Waals surface area contributed by atoms with E-state index in [2.05, 4.69) is 62.5 Å². The number of benzene rings is 1. The summed E-state index contributed by atoms with van der Waals surface area (Å²) >= 11 is 0. The molecule has 1 aromatic rings. The first kappa shape index (κ1) is 12.2. The van der Waals surface area contributed by atoms with E-state index < -0.39 is 0 Å². The van der Waals surface area contributed by atoms with Crippen molar-refractivity contribution in [3.05, 3.63) is 42.0 Å². The summed E-state index contributed by atoms with van der Waals surface area (Å²) < 4.78 is 0. The molecule has 0 bridgehead atoms. The van der Waals surface area contributed by atoms with Crippen LogP contribution in [0.25, 0.3) is 0 Å². The van der Waals surface area contributed by atoms with E-state index in [0.29, 0.717) is 5.92 Å². The highest BCUT2D eigenvalue weighted by Gasteiger charge is 2.26. The molecular formula is C16H23N. The standard InChI is InChI=1S/C16H23N/c1-12-9-13(2)16(14(3)10-12)11-17-15-7-5-4-6-8-15/h4-9,13-14,16-17H,10-11H2,1-3H3. The van der Waals surface area contributed by atoms with Crippen LogP contribution in [0.3, 0.4) is 0 Å². The van der Waals surface area contributed by atoms with Crippen molar-refractivity contribution in [1.82, 2.24) is 0 Å². The molecule has 0 spiro atoms. The maximum absolute atomic E-state index is 3.56. The van der Waals surface area contributed by atoms with Crippen LogP contribution in [0.4, 0.5) is 5.69 Å². The fourth-order valence-corrected chi connectivity index (χ4v) is 3.00.